The normalized spacial score (nSPS) is 11.8. The van der Waals surface area contributed by atoms with Gasteiger partial charge in [-0.15, -0.1) is 0 Å². The van der Waals surface area contributed by atoms with Gasteiger partial charge in [0.15, 0.2) is 0 Å². The van der Waals surface area contributed by atoms with Crippen LogP contribution < -0.4 is 4.74 Å². The number of fused-ring (bicyclic) bond motifs is 1. The zero-order valence-corrected chi connectivity index (χ0v) is 9.54. The lowest BCUT2D eigenvalue weighted by Gasteiger charge is -2.06. The summed E-state index contributed by atoms with van der Waals surface area (Å²) in [6.45, 7) is 1.60. The molecule has 0 bridgehead atoms. The van der Waals surface area contributed by atoms with Gasteiger partial charge in [0.2, 0.25) is 0 Å². The van der Waals surface area contributed by atoms with Gasteiger partial charge in [-0.1, -0.05) is 6.07 Å². The summed E-state index contributed by atoms with van der Waals surface area (Å²) in [6.07, 6.45) is 2.72. The number of nitrogens with zero attached hydrogens (tertiary/aromatic N) is 2. The minimum atomic E-state index is -1.03. The van der Waals surface area contributed by atoms with Crippen molar-refractivity contribution in [2.24, 2.45) is 7.05 Å². The van der Waals surface area contributed by atoms with Crippen molar-refractivity contribution in [2.75, 3.05) is 0 Å². The minimum absolute atomic E-state index is 0.328. The number of carboxylic acids is 1. The van der Waals surface area contributed by atoms with Crippen molar-refractivity contribution in [3.8, 4) is 5.75 Å². The van der Waals surface area contributed by atoms with E-state index in [0.717, 1.165) is 17.0 Å². The van der Waals surface area contributed by atoms with Crippen LogP contribution in [0.15, 0.2) is 36.2 Å². The number of hydrogen-bond donors (Lipinski definition) is 1. The molecular weight excluding hydrogens is 220 g/mol. The Bertz CT molecular complexity index is 599. The summed E-state index contributed by atoms with van der Waals surface area (Å²) in [5, 5.41) is 13.6. The number of carbonyl (C=O) groups is 1. The van der Waals surface area contributed by atoms with Crippen molar-refractivity contribution in [1.82, 2.24) is 9.78 Å². The zero-order valence-electron chi connectivity index (χ0n) is 9.54. The van der Waals surface area contributed by atoms with Crippen molar-refractivity contribution in [3.63, 3.8) is 0 Å². The Morgan fingerprint density at radius 2 is 2.29 bits per heavy atom. The van der Waals surface area contributed by atoms with E-state index in [1.165, 1.54) is 0 Å². The molecule has 1 aromatic heterocycles. The van der Waals surface area contributed by atoms with E-state index in [2.05, 4.69) is 5.10 Å². The molecule has 0 spiro atoms. The van der Waals surface area contributed by atoms with E-state index in [1.54, 1.807) is 23.9 Å². The summed E-state index contributed by atoms with van der Waals surface area (Å²) in [6, 6.07) is 5.54. The number of ether oxygens (including phenoxy) is 1. The van der Waals surface area contributed by atoms with Crippen molar-refractivity contribution < 1.29 is 14.6 Å². The van der Waals surface area contributed by atoms with Crippen LogP contribution in [0.3, 0.4) is 0 Å². The van der Waals surface area contributed by atoms with E-state index >= 15 is 0 Å². The lowest BCUT2D eigenvalue weighted by Crippen LogP contribution is -1.96. The molecule has 0 radical (unpaired) electrons. The van der Waals surface area contributed by atoms with Crippen LogP contribution in [-0.2, 0) is 11.8 Å². The average molecular weight is 232 g/mol. The number of aromatic nitrogens is 2. The Hall–Kier alpha value is -2.30. The standard InChI is InChI=1S/C12H12N2O3/c1-8(6-12(15)16)17-11-5-3-4-10-9(11)7-13-14(10)2/h3-7H,1-2H3,(H,15,16)/b8-6+. The molecule has 5 nitrogen and oxygen atoms in total. The smallest absolute Gasteiger partial charge is 0.331 e. The molecule has 17 heavy (non-hydrogen) atoms. The molecule has 0 saturated heterocycles. The molecule has 0 saturated carbocycles. The molecule has 1 aromatic carbocycles. The fourth-order valence-corrected chi connectivity index (χ4v) is 1.62. The summed E-state index contributed by atoms with van der Waals surface area (Å²) in [7, 11) is 1.84. The zero-order chi connectivity index (χ0) is 12.4. The van der Waals surface area contributed by atoms with Crippen LogP contribution >= 0.6 is 0 Å². The summed E-state index contributed by atoms with van der Waals surface area (Å²) in [4.78, 5) is 10.5. The second kappa shape index (κ2) is 4.29. The van der Waals surface area contributed by atoms with Gasteiger partial charge in [0.25, 0.3) is 0 Å². The molecule has 2 rings (SSSR count). The minimum Gasteiger partial charge on any atom is -0.478 e. The topological polar surface area (TPSA) is 64.3 Å². The van der Waals surface area contributed by atoms with Gasteiger partial charge in [0.05, 0.1) is 23.2 Å². The van der Waals surface area contributed by atoms with E-state index in [4.69, 9.17) is 9.84 Å². The van der Waals surface area contributed by atoms with Gasteiger partial charge in [0, 0.05) is 7.05 Å². The van der Waals surface area contributed by atoms with Gasteiger partial charge in [-0.2, -0.15) is 5.10 Å². The second-order valence-electron chi connectivity index (χ2n) is 3.65. The number of hydrogen-bond acceptors (Lipinski definition) is 3. The van der Waals surface area contributed by atoms with E-state index < -0.39 is 5.97 Å². The quantitative estimate of drug-likeness (QED) is 0.648. The molecule has 0 unspecified atom stereocenters. The number of carboxylic acid groups (broad SMARTS) is 1. The lowest BCUT2D eigenvalue weighted by molar-refractivity contribution is -0.131. The molecule has 88 valence electrons. The molecular formula is C12H12N2O3. The fraction of sp³-hybridized carbons (Fsp3) is 0.167. The predicted octanol–water partition coefficient (Wildman–Crippen LogP) is 1.94. The van der Waals surface area contributed by atoms with E-state index in [-0.39, 0.29) is 0 Å². The molecule has 0 aliphatic heterocycles. The molecule has 0 aliphatic carbocycles. The Morgan fingerprint density at radius 3 is 3.00 bits per heavy atom. The third-order valence-electron chi connectivity index (χ3n) is 2.35. The van der Waals surface area contributed by atoms with Crippen LogP contribution in [0.1, 0.15) is 6.92 Å². The maximum atomic E-state index is 10.5. The Balaban J connectivity index is 2.40. The van der Waals surface area contributed by atoms with Crippen LogP contribution in [-0.4, -0.2) is 20.9 Å². The highest BCUT2D eigenvalue weighted by Gasteiger charge is 2.06. The molecule has 0 atom stereocenters. The average Bonchev–Trinajstić information content (AvgIpc) is 2.61. The highest BCUT2D eigenvalue weighted by atomic mass is 16.5. The first kappa shape index (κ1) is 11.2. The number of aryl methyl sites for hydroxylation is 1. The number of benzene rings is 1. The fourth-order valence-electron chi connectivity index (χ4n) is 1.62. The SMILES string of the molecule is C/C(=C\C(=O)O)Oc1cccc2c1cnn2C. The molecule has 0 amide bonds. The van der Waals surface area contributed by atoms with Crippen LogP contribution in [0.25, 0.3) is 10.9 Å². The summed E-state index contributed by atoms with van der Waals surface area (Å²) < 4.78 is 7.21. The largest absolute Gasteiger partial charge is 0.478 e. The second-order valence-corrected chi connectivity index (χ2v) is 3.65. The van der Waals surface area contributed by atoms with E-state index in [9.17, 15) is 4.79 Å². The van der Waals surface area contributed by atoms with Crippen molar-refractivity contribution in [3.05, 3.63) is 36.2 Å². The first-order chi connectivity index (χ1) is 8.08. The predicted molar refractivity (Wildman–Crippen MR) is 62.7 cm³/mol. The first-order valence-electron chi connectivity index (χ1n) is 5.08. The van der Waals surface area contributed by atoms with Gasteiger partial charge in [-0.05, 0) is 19.1 Å². The van der Waals surface area contributed by atoms with E-state index in [0.29, 0.717) is 11.5 Å². The Labute approximate surface area is 97.9 Å². The molecule has 1 heterocycles. The van der Waals surface area contributed by atoms with Crippen LogP contribution in [0.5, 0.6) is 5.75 Å². The Morgan fingerprint density at radius 1 is 1.53 bits per heavy atom. The van der Waals surface area contributed by atoms with Crippen molar-refractivity contribution in [1.29, 1.82) is 0 Å². The molecule has 1 N–H and O–H groups in total. The van der Waals surface area contributed by atoms with Crippen LogP contribution in [0.2, 0.25) is 0 Å². The van der Waals surface area contributed by atoms with Crippen molar-refractivity contribution in [2.45, 2.75) is 6.92 Å². The van der Waals surface area contributed by atoms with Gasteiger partial charge in [0.1, 0.15) is 11.5 Å². The Kier molecular flexibility index (Phi) is 2.82. The highest BCUT2D eigenvalue weighted by molar-refractivity contribution is 5.85. The van der Waals surface area contributed by atoms with Crippen molar-refractivity contribution >= 4 is 16.9 Å². The third-order valence-corrected chi connectivity index (χ3v) is 2.35. The van der Waals surface area contributed by atoms with E-state index in [1.807, 2.05) is 19.2 Å². The molecule has 5 heteroatoms. The third kappa shape index (κ3) is 2.28. The van der Waals surface area contributed by atoms with Gasteiger partial charge < -0.3 is 9.84 Å². The first-order valence-corrected chi connectivity index (χ1v) is 5.08. The van der Waals surface area contributed by atoms with Gasteiger partial charge in [-0.3, -0.25) is 4.68 Å². The number of rotatable bonds is 3. The highest BCUT2D eigenvalue weighted by Crippen LogP contribution is 2.26. The summed E-state index contributed by atoms with van der Waals surface area (Å²) in [5.41, 5.74) is 0.936. The number of aliphatic carboxylic acids is 1. The maximum absolute atomic E-state index is 10.5. The van der Waals surface area contributed by atoms with Crippen LogP contribution in [0.4, 0.5) is 0 Å². The summed E-state index contributed by atoms with van der Waals surface area (Å²) >= 11 is 0. The van der Waals surface area contributed by atoms with Gasteiger partial charge >= 0.3 is 5.97 Å². The van der Waals surface area contributed by atoms with Gasteiger partial charge in [-0.25, -0.2) is 4.79 Å². The number of allylic oxidation sites excluding steroid dienone is 1. The molecule has 0 fully saturated rings. The monoisotopic (exact) mass is 232 g/mol. The summed E-state index contributed by atoms with van der Waals surface area (Å²) in [5.74, 6) is -0.0969. The van der Waals surface area contributed by atoms with Crippen LogP contribution in [0, 0.1) is 0 Å². The molecule has 2 aromatic rings. The maximum Gasteiger partial charge on any atom is 0.331 e. The molecule has 0 aliphatic rings. The lowest BCUT2D eigenvalue weighted by atomic mass is 10.2.